The summed E-state index contributed by atoms with van der Waals surface area (Å²) in [6.07, 6.45) is 1.98. The summed E-state index contributed by atoms with van der Waals surface area (Å²) in [5.41, 5.74) is -0.815. The minimum Gasteiger partial charge on any atom is -0.496 e. The average Bonchev–Trinajstić information content (AvgIpc) is 2.91. The summed E-state index contributed by atoms with van der Waals surface area (Å²) in [6.45, 7) is 2.71. The number of fused-ring (bicyclic) bond motifs is 1. The molecule has 0 amide bonds. The monoisotopic (exact) mass is 282 g/mol. The summed E-state index contributed by atoms with van der Waals surface area (Å²) in [6, 6.07) is 0. The van der Waals surface area contributed by atoms with Crippen molar-refractivity contribution in [2.45, 2.75) is 38.1 Å². The number of ether oxygens (including phenoxy) is 4. The Morgan fingerprint density at radius 3 is 2.70 bits per heavy atom. The van der Waals surface area contributed by atoms with Crippen LogP contribution in [0.5, 0.6) is 0 Å². The Hall–Kier alpha value is -1.40. The lowest BCUT2D eigenvalue weighted by Crippen LogP contribution is -2.59. The van der Waals surface area contributed by atoms with Crippen LogP contribution in [0, 0.1) is 5.41 Å². The first-order valence-corrected chi connectivity index (χ1v) is 6.77. The molecule has 0 N–H and O–H groups in total. The van der Waals surface area contributed by atoms with Crippen LogP contribution < -0.4 is 0 Å². The molecular formula is C14H18O6. The molecule has 3 rings (SSSR count). The van der Waals surface area contributed by atoms with Crippen molar-refractivity contribution >= 4 is 11.8 Å². The second-order valence-corrected chi connectivity index (χ2v) is 5.53. The number of Topliss-reactive ketones (excluding diaryl/α,β-unsaturated/α-hetero) is 1. The Balaban J connectivity index is 1.97. The van der Waals surface area contributed by atoms with Gasteiger partial charge in [-0.15, -0.1) is 0 Å². The molecule has 20 heavy (non-hydrogen) atoms. The molecule has 110 valence electrons. The maximum atomic E-state index is 12.6. The average molecular weight is 282 g/mol. The Bertz CT molecular complexity index is 476. The predicted molar refractivity (Wildman–Crippen MR) is 66.6 cm³/mol. The second kappa shape index (κ2) is 4.56. The van der Waals surface area contributed by atoms with Gasteiger partial charge in [-0.05, 0) is 13.3 Å². The molecule has 0 aromatic heterocycles. The summed E-state index contributed by atoms with van der Waals surface area (Å²) in [7, 11) is 1.29. The molecule has 2 atom stereocenters. The Kier molecular flexibility index (Phi) is 3.10. The van der Waals surface area contributed by atoms with Crippen LogP contribution in [0.3, 0.4) is 0 Å². The van der Waals surface area contributed by atoms with Gasteiger partial charge in [-0.1, -0.05) is 0 Å². The van der Waals surface area contributed by atoms with Crippen molar-refractivity contribution in [3.63, 3.8) is 0 Å². The predicted octanol–water partition coefficient (Wildman–Crippen LogP) is 0.944. The third-order valence-corrected chi connectivity index (χ3v) is 4.48. The topological polar surface area (TPSA) is 71.1 Å². The van der Waals surface area contributed by atoms with Gasteiger partial charge in [-0.3, -0.25) is 9.59 Å². The number of methoxy groups -OCH3 is 1. The molecule has 1 saturated carbocycles. The smallest absolute Gasteiger partial charge is 0.323 e. The fourth-order valence-corrected chi connectivity index (χ4v) is 3.39. The van der Waals surface area contributed by atoms with Crippen molar-refractivity contribution in [1.82, 2.24) is 0 Å². The van der Waals surface area contributed by atoms with Crippen molar-refractivity contribution in [3.8, 4) is 0 Å². The minimum atomic E-state index is -1.26. The molecule has 1 aliphatic carbocycles. The van der Waals surface area contributed by atoms with E-state index in [2.05, 4.69) is 0 Å². The number of ketones is 1. The molecule has 0 unspecified atom stereocenters. The number of carbonyl (C=O) groups is 2. The van der Waals surface area contributed by atoms with Crippen molar-refractivity contribution in [1.29, 1.82) is 0 Å². The molecule has 0 bridgehead atoms. The molecule has 2 heterocycles. The number of allylic oxidation sites excluding steroid dienone is 1. The third kappa shape index (κ3) is 1.71. The fourth-order valence-electron chi connectivity index (χ4n) is 3.39. The maximum Gasteiger partial charge on any atom is 0.323 e. The molecule has 1 saturated heterocycles. The third-order valence-electron chi connectivity index (χ3n) is 4.48. The molecule has 1 spiro atoms. The Morgan fingerprint density at radius 1 is 1.35 bits per heavy atom. The highest BCUT2D eigenvalue weighted by Crippen LogP contribution is 2.50. The van der Waals surface area contributed by atoms with Crippen LogP contribution in [0.4, 0.5) is 0 Å². The number of hydrogen-bond donors (Lipinski definition) is 0. The van der Waals surface area contributed by atoms with Crippen LogP contribution in [0.25, 0.3) is 0 Å². The maximum absolute atomic E-state index is 12.6. The normalized spacial score (nSPS) is 35.2. The zero-order chi connectivity index (χ0) is 14.4. The van der Waals surface area contributed by atoms with Crippen LogP contribution in [-0.2, 0) is 28.5 Å². The van der Waals surface area contributed by atoms with Gasteiger partial charge in [0.15, 0.2) is 17.0 Å². The van der Waals surface area contributed by atoms with Gasteiger partial charge in [-0.2, -0.15) is 0 Å². The van der Waals surface area contributed by atoms with E-state index in [1.807, 2.05) is 0 Å². The van der Waals surface area contributed by atoms with E-state index >= 15 is 0 Å². The Labute approximate surface area is 117 Å². The largest absolute Gasteiger partial charge is 0.496 e. The molecular weight excluding hydrogens is 264 g/mol. The lowest BCUT2D eigenvalue weighted by Gasteiger charge is -2.47. The lowest BCUT2D eigenvalue weighted by molar-refractivity contribution is -0.225. The van der Waals surface area contributed by atoms with Gasteiger partial charge in [0, 0.05) is 18.4 Å². The Morgan fingerprint density at radius 2 is 2.05 bits per heavy atom. The van der Waals surface area contributed by atoms with Crippen LogP contribution >= 0.6 is 0 Å². The summed E-state index contributed by atoms with van der Waals surface area (Å²) in [5, 5.41) is 0. The van der Waals surface area contributed by atoms with Crippen LogP contribution in [0.1, 0.15) is 26.2 Å². The van der Waals surface area contributed by atoms with Gasteiger partial charge in [0.25, 0.3) is 0 Å². The summed E-state index contributed by atoms with van der Waals surface area (Å²) < 4.78 is 21.8. The van der Waals surface area contributed by atoms with Gasteiger partial charge in [0.1, 0.15) is 6.10 Å². The molecule has 6 nitrogen and oxygen atoms in total. The molecule has 0 radical (unpaired) electrons. The molecule has 0 aromatic rings. The fraction of sp³-hybridized carbons (Fsp3) is 0.714. The first-order valence-electron chi connectivity index (χ1n) is 6.77. The highest BCUT2D eigenvalue weighted by atomic mass is 16.7. The quantitative estimate of drug-likeness (QED) is 0.526. The molecule has 3 aliphatic rings. The van der Waals surface area contributed by atoms with Crippen molar-refractivity contribution < 1.29 is 28.5 Å². The van der Waals surface area contributed by atoms with E-state index in [0.29, 0.717) is 38.0 Å². The second-order valence-electron chi connectivity index (χ2n) is 5.53. The summed E-state index contributed by atoms with van der Waals surface area (Å²) >= 11 is 0. The van der Waals surface area contributed by atoms with Crippen LogP contribution in [-0.4, -0.2) is 44.0 Å². The van der Waals surface area contributed by atoms with Crippen LogP contribution in [0.15, 0.2) is 11.8 Å². The van der Waals surface area contributed by atoms with Crippen molar-refractivity contribution in [3.05, 3.63) is 11.8 Å². The number of hydrogen-bond acceptors (Lipinski definition) is 6. The van der Waals surface area contributed by atoms with E-state index < -0.39 is 23.3 Å². The van der Waals surface area contributed by atoms with Crippen molar-refractivity contribution in [2.24, 2.45) is 5.41 Å². The molecule has 6 heteroatoms. The first-order chi connectivity index (χ1) is 9.54. The summed E-state index contributed by atoms with van der Waals surface area (Å²) in [5.74, 6) is -1.47. The number of carbonyl (C=O) groups excluding carboxylic acids is 2. The zero-order valence-corrected chi connectivity index (χ0v) is 11.6. The highest BCUT2D eigenvalue weighted by molar-refractivity contribution is 6.13. The number of esters is 1. The molecule has 0 aromatic carbocycles. The van der Waals surface area contributed by atoms with E-state index in [4.69, 9.17) is 18.9 Å². The first kappa shape index (κ1) is 13.6. The highest BCUT2D eigenvalue weighted by Gasteiger charge is 2.63. The van der Waals surface area contributed by atoms with Gasteiger partial charge >= 0.3 is 5.97 Å². The van der Waals surface area contributed by atoms with E-state index in [-0.39, 0.29) is 5.78 Å². The van der Waals surface area contributed by atoms with E-state index in [1.165, 1.54) is 13.4 Å². The van der Waals surface area contributed by atoms with E-state index in [9.17, 15) is 9.59 Å². The van der Waals surface area contributed by atoms with Gasteiger partial charge in [0.2, 0.25) is 0 Å². The van der Waals surface area contributed by atoms with E-state index in [1.54, 1.807) is 6.92 Å². The van der Waals surface area contributed by atoms with Crippen LogP contribution in [0.2, 0.25) is 0 Å². The summed E-state index contributed by atoms with van der Waals surface area (Å²) in [4.78, 5) is 24.8. The van der Waals surface area contributed by atoms with Gasteiger partial charge in [-0.25, -0.2) is 0 Å². The SMILES string of the molecule is COC(=O)[C@]12CCC3(C[C@H]1OC=C(C)C2=O)OCCO3. The zero-order valence-electron chi connectivity index (χ0n) is 11.6. The van der Waals surface area contributed by atoms with Crippen molar-refractivity contribution in [2.75, 3.05) is 20.3 Å². The molecule has 2 fully saturated rings. The molecule has 2 aliphatic heterocycles. The standard InChI is InChI=1S/C14H18O6/c1-9-8-18-10-7-13(19-5-6-20-13)3-4-14(10,11(9)15)12(16)17-2/h8,10H,3-7H2,1-2H3/t10-,14-/m1/s1. The lowest BCUT2D eigenvalue weighted by atomic mass is 9.65. The minimum absolute atomic E-state index is 0.214. The number of rotatable bonds is 1. The van der Waals surface area contributed by atoms with Gasteiger partial charge in [0.05, 0.1) is 26.6 Å². The van der Waals surface area contributed by atoms with Gasteiger partial charge < -0.3 is 18.9 Å². The van der Waals surface area contributed by atoms with E-state index in [0.717, 1.165) is 0 Å².